The summed E-state index contributed by atoms with van der Waals surface area (Å²) < 4.78 is 5.45. The van der Waals surface area contributed by atoms with E-state index >= 15 is 0 Å². The molecule has 0 saturated carbocycles. The van der Waals surface area contributed by atoms with Crippen LogP contribution in [-0.2, 0) is 0 Å². The van der Waals surface area contributed by atoms with E-state index in [1.807, 2.05) is 19.9 Å². The van der Waals surface area contributed by atoms with Gasteiger partial charge in [-0.25, -0.2) is 9.97 Å². The van der Waals surface area contributed by atoms with Gasteiger partial charge in [-0.05, 0) is 20.3 Å². The van der Waals surface area contributed by atoms with Crippen LogP contribution in [0.4, 0.5) is 5.82 Å². The number of hydrogen-bond acceptors (Lipinski definition) is 4. The molecule has 0 aliphatic heterocycles. The molecule has 0 fully saturated rings. The van der Waals surface area contributed by atoms with E-state index in [0.717, 1.165) is 18.8 Å². The molecular weight excluding hydrogens is 190 g/mol. The fraction of sp³-hybridized carbons (Fsp3) is 0.455. The van der Waals surface area contributed by atoms with E-state index in [-0.39, 0.29) is 6.10 Å². The molecule has 1 heterocycles. The minimum absolute atomic E-state index is 0.126. The zero-order valence-corrected chi connectivity index (χ0v) is 9.23. The van der Waals surface area contributed by atoms with Crippen LogP contribution in [-0.4, -0.2) is 22.6 Å². The molecule has 0 spiro atoms. The molecule has 15 heavy (non-hydrogen) atoms. The van der Waals surface area contributed by atoms with Crippen LogP contribution in [0.2, 0.25) is 0 Å². The highest BCUT2D eigenvalue weighted by Crippen LogP contribution is 2.12. The zero-order valence-electron chi connectivity index (χ0n) is 9.23. The van der Waals surface area contributed by atoms with Crippen molar-refractivity contribution in [1.29, 1.82) is 0 Å². The molecule has 4 heteroatoms. The quantitative estimate of drug-likeness (QED) is 0.574. The molecule has 0 amide bonds. The Balaban J connectivity index is 2.53. The second kappa shape index (κ2) is 6.01. The molecule has 4 nitrogen and oxygen atoms in total. The van der Waals surface area contributed by atoms with Crippen molar-refractivity contribution in [2.24, 2.45) is 0 Å². The third kappa shape index (κ3) is 4.44. The van der Waals surface area contributed by atoms with Crippen molar-refractivity contribution >= 4 is 5.82 Å². The first kappa shape index (κ1) is 11.5. The second-order valence-corrected chi connectivity index (χ2v) is 3.41. The summed E-state index contributed by atoms with van der Waals surface area (Å²) in [6, 6.07) is 1.79. The second-order valence-electron chi connectivity index (χ2n) is 3.41. The van der Waals surface area contributed by atoms with Gasteiger partial charge in [0, 0.05) is 12.6 Å². The third-order valence-corrected chi connectivity index (χ3v) is 1.65. The van der Waals surface area contributed by atoms with E-state index in [2.05, 4.69) is 21.9 Å². The van der Waals surface area contributed by atoms with Crippen molar-refractivity contribution in [3.8, 4) is 5.88 Å². The molecular formula is C11H17N3O. The molecule has 0 unspecified atom stereocenters. The molecule has 1 aromatic heterocycles. The normalized spacial score (nSPS) is 10.1. The third-order valence-electron chi connectivity index (χ3n) is 1.65. The van der Waals surface area contributed by atoms with Gasteiger partial charge in [-0.3, -0.25) is 0 Å². The van der Waals surface area contributed by atoms with Crippen molar-refractivity contribution in [1.82, 2.24) is 9.97 Å². The lowest BCUT2D eigenvalue weighted by atomic mass is 10.4. The predicted octanol–water partition coefficient (Wildman–Crippen LogP) is 2.25. The van der Waals surface area contributed by atoms with Crippen molar-refractivity contribution < 1.29 is 4.74 Å². The van der Waals surface area contributed by atoms with Crippen LogP contribution < -0.4 is 10.1 Å². The molecule has 0 aromatic carbocycles. The Hall–Kier alpha value is -1.58. The fourth-order valence-electron chi connectivity index (χ4n) is 1.04. The molecule has 0 saturated heterocycles. The summed E-state index contributed by atoms with van der Waals surface area (Å²) in [5.74, 6) is 1.38. The topological polar surface area (TPSA) is 47.0 Å². The number of nitrogens with zero attached hydrogens (tertiary/aromatic N) is 2. The first-order chi connectivity index (χ1) is 7.22. The Morgan fingerprint density at radius 2 is 2.33 bits per heavy atom. The summed E-state index contributed by atoms with van der Waals surface area (Å²) in [7, 11) is 0. The summed E-state index contributed by atoms with van der Waals surface area (Å²) in [5.41, 5.74) is 0. The first-order valence-corrected chi connectivity index (χ1v) is 5.06. The highest BCUT2D eigenvalue weighted by Gasteiger charge is 2.00. The van der Waals surface area contributed by atoms with Crippen molar-refractivity contribution in [2.75, 3.05) is 11.9 Å². The number of ether oxygens (including phenoxy) is 1. The summed E-state index contributed by atoms with van der Waals surface area (Å²) in [6.07, 6.45) is 4.39. The maximum atomic E-state index is 5.45. The lowest BCUT2D eigenvalue weighted by Gasteiger charge is -2.09. The largest absolute Gasteiger partial charge is 0.475 e. The van der Waals surface area contributed by atoms with Crippen molar-refractivity contribution in [3.05, 3.63) is 25.0 Å². The van der Waals surface area contributed by atoms with Crippen molar-refractivity contribution in [3.63, 3.8) is 0 Å². The van der Waals surface area contributed by atoms with Gasteiger partial charge >= 0.3 is 0 Å². The van der Waals surface area contributed by atoms with Gasteiger partial charge in [-0.2, -0.15) is 0 Å². The Bertz CT molecular complexity index is 312. The lowest BCUT2D eigenvalue weighted by Crippen LogP contribution is -2.08. The average molecular weight is 207 g/mol. The smallest absolute Gasteiger partial charge is 0.218 e. The molecule has 0 bridgehead atoms. The molecule has 1 N–H and O–H groups in total. The molecule has 0 aliphatic carbocycles. The minimum Gasteiger partial charge on any atom is -0.475 e. The average Bonchev–Trinajstić information content (AvgIpc) is 2.18. The standard InChI is InChI=1S/C11H17N3O/c1-4-5-6-12-10-7-11(14-8-13-10)15-9(2)3/h4,7-9H,1,5-6H2,2-3H3,(H,12,13,14). The summed E-state index contributed by atoms with van der Waals surface area (Å²) >= 11 is 0. The molecule has 1 aromatic rings. The molecule has 0 radical (unpaired) electrons. The monoisotopic (exact) mass is 207 g/mol. The Morgan fingerprint density at radius 3 is 3.00 bits per heavy atom. The lowest BCUT2D eigenvalue weighted by molar-refractivity contribution is 0.232. The molecule has 1 rings (SSSR count). The van der Waals surface area contributed by atoms with Gasteiger partial charge < -0.3 is 10.1 Å². The van der Waals surface area contributed by atoms with E-state index in [1.165, 1.54) is 6.33 Å². The van der Waals surface area contributed by atoms with Crippen LogP contribution in [0.3, 0.4) is 0 Å². The van der Waals surface area contributed by atoms with Gasteiger partial charge in [-0.15, -0.1) is 6.58 Å². The van der Waals surface area contributed by atoms with Crippen LogP contribution in [0.5, 0.6) is 5.88 Å². The molecule has 0 atom stereocenters. The molecule has 0 aliphatic rings. The van der Waals surface area contributed by atoms with E-state index in [9.17, 15) is 0 Å². The van der Waals surface area contributed by atoms with Crippen LogP contribution in [0.15, 0.2) is 25.0 Å². The highest BCUT2D eigenvalue weighted by atomic mass is 16.5. The van der Waals surface area contributed by atoms with Crippen LogP contribution >= 0.6 is 0 Å². The van der Waals surface area contributed by atoms with Crippen LogP contribution in [0, 0.1) is 0 Å². The van der Waals surface area contributed by atoms with E-state index < -0.39 is 0 Å². The van der Waals surface area contributed by atoms with Gasteiger partial charge in [-0.1, -0.05) is 6.08 Å². The Labute approximate surface area is 90.4 Å². The highest BCUT2D eigenvalue weighted by molar-refractivity contribution is 5.36. The van der Waals surface area contributed by atoms with E-state index in [4.69, 9.17) is 4.74 Å². The summed E-state index contributed by atoms with van der Waals surface area (Å²) in [6.45, 7) is 8.40. The summed E-state index contributed by atoms with van der Waals surface area (Å²) in [5, 5.41) is 3.16. The van der Waals surface area contributed by atoms with Gasteiger partial charge in [0.15, 0.2) is 0 Å². The van der Waals surface area contributed by atoms with Gasteiger partial charge in [0.1, 0.15) is 12.1 Å². The van der Waals surface area contributed by atoms with E-state index in [0.29, 0.717) is 5.88 Å². The maximum Gasteiger partial charge on any atom is 0.218 e. The maximum absolute atomic E-state index is 5.45. The zero-order chi connectivity index (χ0) is 11.1. The summed E-state index contributed by atoms with van der Waals surface area (Å²) in [4.78, 5) is 8.10. The van der Waals surface area contributed by atoms with Crippen molar-refractivity contribution in [2.45, 2.75) is 26.4 Å². The SMILES string of the molecule is C=CCCNc1cc(OC(C)C)ncn1. The van der Waals surface area contributed by atoms with E-state index in [1.54, 1.807) is 6.07 Å². The first-order valence-electron chi connectivity index (χ1n) is 5.06. The number of hydrogen-bond donors (Lipinski definition) is 1. The Kier molecular flexibility index (Phi) is 4.60. The van der Waals surface area contributed by atoms with Gasteiger partial charge in [0.25, 0.3) is 0 Å². The number of nitrogens with one attached hydrogen (secondary N) is 1. The number of rotatable bonds is 6. The Morgan fingerprint density at radius 1 is 1.53 bits per heavy atom. The molecule has 82 valence electrons. The fourth-order valence-corrected chi connectivity index (χ4v) is 1.04. The van der Waals surface area contributed by atoms with Gasteiger partial charge in [0.05, 0.1) is 6.10 Å². The minimum atomic E-state index is 0.126. The number of anilines is 1. The van der Waals surface area contributed by atoms with Crippen LogP contribution in [0.1, 0.15) is 20.3 Å². The number of aromatic nitrogens is 2. The van der Waals surface area contributed by atoms with Crippen LogP contribution in [0.25, 0.3) is 0 Å². The predicted molar refractivity (Wildman–Crippen MR) is 61.1 cm³/mol. The van der Waals surface area contributed by atoms with Gasteiger partial charge in [0.2, 0.25) is 5.88 Å².